The Balaban J connectivity index is 2.51. The zero-order chi connectivity index (χ0) is 9.90. The van der Waals surface area contributed by atoms with E-state index in [0.717, 1.165) is 19.3 Å². The number of hydrogen-bond acceptors (Lipinski definition) is 3. The SMILES string of the molecule is CCCC(O)C1CCCS(=O)(=O)C1. The van der Waals surface area contributed by atoms with Crippen LogP contribution in [0.1, 0.15) is 32.6 Å². The molecule has 1 heterocycles. The third-order valence-corrected chi connectivity index (χ3v) is 4.47. The molecule has 1 aliphatic heterocycles. The summed E-state index contributed by atoms with van der Waals surface area (Å²) in [5.74, 6) is 0.481. The van der Waals surface area contributed by atoms with E-state index in [-0.39, 0.29) is 11.7 Å². The molecule has 1 saturated heterocycles. The molecule has 0 spiro atoms. The first-order valence-corrected chi connectivity index (χ1v) is 6.76. The maximum atomic E-state index is 11.3. The van der Waals surface area contributed by atoms with Crippen molar-refractivity contribution in [3.05, 3.63) is 0 Å². The molecule has 2 unspecified atom stereocenters. The smallest absolute Gasteiger partial charge is 0.150 e. The van der Waals surface area contributed by atoms with E-state index in [9.17, 15) is 13.5 Å². The Morgan fingerprint density at radius 3 is 2.77 bits per heavy atom. The van der Waals surface area contributed by atoms with Crippen molar-refractivity contribution in [1.82, 2.24) is 0 Å². The first kappa shape index (κ1) is 11.0. The molecular weight excluding hydrogens is 188 g/mol. The minimum absolute atomic E-state index is 0.0151. The number of rotatable bonds is 3. The molecule has 1 fully saturated rings. The Hall–Kier alpha value is -0.0900. The summed E-state index contributed by atoms with van der Waals surface area (Å²) in [7, 11) is -2.86. The molecule has 1 aliphatic rings. The highest BCUT2D eigenvalue weighted by Crippen LogP contribution is 2.23. The zero-order valence-corrected chi connectivity index (χ0v) is 8.89. The van der Waals surface area contributed by atoms with Gasteiger partial charge in [-0.25, -0.2) is 8.42 Å². The summed E-state index contributed by atoms with van der Waals surface area (Å²) < 4.78 is 22.5. The van der Waals surface area contributed by atoms with Crippen LogP contribution < -0.4 is 0 Å². The second kappa shape index (κ2) is 4.42. The maximum Gasteiger partial charge on any atom is 0.150 e. The zero-order valence-electron chi connectivity index (χ0n) is 8.07. The van der Waals surface area contributed by atoms with Gasteiger partial charge in [0, 0.05) is 0 Å². The van der Waals surface area contributed by atoms with Gasteiger partial charge in [-0.15, -0.1) is 0 Å². The number of sulfone groups is 1. The van der Waals surface area contributed by atoms with E-state index < -0.39 is 15.9 Å². The molecule has 0 radical (unpaired) electrons. The van der Waals surface area contributed by atoms with Crippen LogP contribution in [0, 0.1) is 5.92 Å². The highest BCUT2D eigenvalue weighted by molar-refractivity contribution is 7.91. The van der Waals surface area contributed by atoms with Gasteiger partial charge in [-0.1, -0.05) is 13.3 Å². The van der Waals surface area contributed by atoms with Gasteiger partial charge in [0.05, 0.1) is 17.6 Å². The molecule has 2 atom stereocenters. The molecule has 4 heteroatoms. The molecule has 0 aromatic rings. The van der Waals surface area contributed by atoms with E-state index in [2.05, 4.69) is 0 Å². The Labute approximate surface area is 80.1 Å². The van der Waals surface area contributed by atoms with Gasteiger partial charge < -0.3 is 5.11 Å². The van der Waals surface area contributed by atoms with E-state index in [4.69, 9.17) is 0 Å². The number of hydrogen-bond donors (Lipinski definition) is 1. The predicted octanol–water partition coefficient (Wildman–Crippen LogP) is 0.972. The molecule has 1 N–H and O–H groups in total. The van der Waals surface area contributed by atoms with Gasteiger partial charge >= 0.3 is 0 Å². The van der Waals surface area contributed by atoms with E-state index >= 15 is 0 Å². The Kier molecular flexibility index (Phi) is 3.74. The van der Waals surface area contributed by atoms with Crippen LogP contribution >= 0.6 is 0 Å². The van der Waals surface area contributed by atoms with Crippen LogP contribution in [0.25, 0.3) is 0 Å². The molecule has 0 aromatic carbocycles. The van der Waals surface area contributed by atoms with Gasteiger partial charge in [-0.3, -0.25) is 0 Å². The monoisotopic (exact) mass is 206 g/mol. The van der Waals surface area contributed by atoms with Crippen LogP contribution in [0.3, 0.4) is 0 Å². The second-order valence-corrected chi connectivity index (χ2v) is 6.10. The first-order valence-electron chi connectivity index (χ1n) is 4.93. The van der Waals surface area contributed by atoms with Crippen LogP contribution in [-0.2, 0) is 9.84 Å². The van der Waals surface area contributed by atoms with Crippen molar-refractivity contribution in [2.24, 2.45) is 5.92 Å². The summed E-state index contributed by atoms with van der Waals surface area (Å²) in [6.45, 7) is 2.00. The molecule has 13 heavy (non-hydrogen) atoms. The quantitative estimate of drug-likeness (QED) is 0.748. The molecule has 1 rings (SSSR count). The van der Waals surface area contributed by atoms with Crippen LogP contribution in [0.4, 0.5) is 0 Å². The molecule has 0 saturated carbocycles. The summed E-state index contributed by atoms with van der Waals surface area (Å²) in [6, 6.07) is 0. The Bertz CT molecular complexity index is 246. The van der Waals surface area contributed by atoms with Crippen molar-refractivity contribution < 1.29 is 13.5 Å². The van der Waals surface area contributed by atoms with Gasteiger partial charge in [0.1, 0.15) is 0 Å². The average Bonchev–Trinajstić information content (AvgIpc) is 2.03. The summed E-state index contributed by atoms with van der Waals surface area (Å²) in [6.07, 6.45) is 2.80. The third kappa shape index (κ3) is 3.27. The van der Waals surface area contributed by atoms with E-state index in [1.807, 2.05) is 6.92 Å². The summed E-state index contributed by atoms with van der Waals surface area (Å²) >= 11 is 0. The highest BCUT2D eigenvalue weighted by Gasteiger charge is 2.29. The van der Waals surface area contributed by atoms with Crippen LogP contribution in [-0.4, -0.2) is 31.1 Å². The fourth-order valence-corrected chi connectivity index (χ4v) is 3.71. The molecule has 3 nitrogen and oxygen atoms in total. The standard InChI is InChI=1S/C9H18O3S/c1-2-4-9(10)8-5-3-6-13(11,12)7-8/h8-10H,2-7H2,1H3. The minimum atomic E-state index is -2.86. The van der Waals surface area contributed by atoms with Crippen molar-refractivity contribution >= 4 is 9.84 Å². The lowest BCUT2D eigenvalue weighted by Gasteiger charge is -2.26. The van der Waals surface area contributed by atoms with Crippen molar-refractivity contribution in [2.45, 2.75) is 38.7 Å². The van der Waals surface area contributed by atoms with Gasteiger partial charge in [-0.05, 0) is 25.2 Å². The fourth-order valence-electron chi connectivity index (χ4n) is 1.89. The molecule has 0 aromatic heterocycles. The second-order valence-electron chi connectivity index (χ2n) is 3.87. The number of aliphatic hydroxyl groups excluding tert-OH is 1. The van der Waals surface area contributed by atoms with Crippen molar-refractivity contribution in [3.8, 4) is 0 Å². The topological polar surface area (TPSA) is 54.4 Å². The molecule has 0 aliphatic carbocycles. The van der Waals surface area contributed by atoms with Gasteiger partial charge in [0.2, 0.25) is 0 Å². The predicted molar refractivity (Wildman–Crippen MR) is 52.3 cm³/mol. The molecule has 0 amide bonds. The first-order chi connectivity index (χ1) is 6.05. The summed E-state index contributed by atoms with van der Waals surface area (Å²) in [5, 5.41) is 9.64. The summed E-state index contributed by atoms with van der Waals surface area (Å²) in [4.78, 5) is 0. The Morgan fingerprint density at radius 2 is 2.23 bits per heavy atom. The molecule has 78 valence electrons. The fraction of sp³-hybridized carbons (Fsp3) is 1.00. The van der Waals surface area contributed by atoms with Crippen LogP contribution in [0.2, 0.25) is 0 Å². The van der Waals surface area contributed by atoms with Gasteiger partial charge in [0.15, 0.2) is 9.84 Å². The minimum Gasteiger partial charge on any atom is -0.393 e. The third-order valence-electron chi connectivity index (χ3n) is 2.63. The lowest BCUT2D eigenvalue weighted by atomic mass is 9.96. The maximum absolute atomic E-state index is 11.3. The molecular formula is C9H18O3S. The van der Waals surface area contributed by atoms with Crippen molar-refractivity contribution in [1.29, 1.82) is 0 Å². The summed E-state index contributed by atoms with van der Waals surface area (Å²) in [5.41, 5.74) is 0. The van der Waals surface area contributed by atoms with Crippen molar-refractivity contribution in [2.75, 3.05) is 11.5 Å². The van der Waals surface area contributed by atoms with E-state index in [0.29, 0.717) is 12.2 Å². The van der Waals surface area contributed by atoms with Crippen LogP contribution in [0.15, 0.2) is 0 Å². The van der Waals surface area contributed by atoms with Gasteiger partial charge in [-0.2, -0.15) is 0 Å². The Morgan fingerprint density at radius 1 is 1.54 bits per heavy atom. The average molecular weight is 206 g/mol. The molecule has 0 bridgehead atoms. The lowest BCUT2D eigenvalue weighted by molar-refractivity contribution is 0.101. The number of aliphatic hydroxyl groups is 1. The van der Waals surface area contributed by atoms with Gasteiger partial charge in [0.25, 0.3) is 0 Å². The normalized spacial score (nSPS) is 29.8. The van der Waals surface area contributed by atoms with Crippen LogP contribution in [0.5, 0.6) is 0 Å². The van der Waals surface area contributed by atoms with E-state index in [1.54, 1.807) is 0 Å². The lowest BCUT2D eigenvalue weighted by Crippen LogP contribution is -2.33. The highest BCUT2D eigenvalue weighted by atomic mass is 32.2. The van der Waals surface area contributed by atoms with Crippen molar-refractivity contribution in [3.63, 3.8) is 0 Å². The van der Waals surface area contributed by atoms with E-state index in [1.165, 1.54) is 0 Å². The largest absolute Gasteiger partial charge is 0.393 e.